The first-order chi connectivity index (χ1) is 11.5. The van der Waals surface area contributed by atoms with Crippen molar-refractivity contribution in [2.24, 2.45) is 5.92 Å². The van der Waals surface area contributed by atoms with Gasteiger partial charge in [-0.3, -0.25) is 0 Å². The summed E-state index contributed by atoms with van der Waals surface area (Å²) in [6, 6.07) is -0.171. The molecule has 0 aromatic rings. The van der Waals surface area contributed by atoms with Crippen LogP contribution in [0.2, 0.25) is 0 Å². The molecule has 1 rings (SSSR count). The van der Waals surface area contributed by atoms with E-state index in [1.54, 1.807) is 0 Å². The second-order valence-corrected chi connectivity index (χ2v) is 9.32. The summed E-state index contributed by atoms with van der Waals surface area (Å²) in [5.41, 5.74) is 0. The minimum absolute atomic E-state index is 0.0816. The Morgan fingerprint density at radius 3 is 2.04 bits per heavy atom. The predicted octanol–water partition coefficient (Wildman–Crippen LogP) is 3.64. The van der Waals surface area contributed by atoms with Crippen LogP contribution in [0.4, 0.5) is 4.79 Å². The smallest absolute Gasteiger partial charge is 0.314 e. The first kappa shape index (κ1) is 21.3. The van der Waals surface area contributed by atoms with Gasteiger partial charge in [-0.25, -0.2) is 13.2 Å². The Morgan fingerprint density at radius 1 is 0.917 bits per heavy atom. The third-order valence-corrected chi connectivity index (χ3v) is 6.53. The number of urea groups is 1. The van der Waals surface area contributed by atoms with Crippen LogP contribution in [0.3, 0.4) is 0 Å². The second kappa shape index (κ2) is 12.6. The first-order valence-electron chi connectivity index (χ1n) is 9.75. The van der Waals surface area contributed by atoms with Crippen molar-refractivity contribution in [3.8, 4) is 0 Å². The van der Waals surface area contributed by atoms with Crippen molar-refractivity contribution >= 4 is 15.9 Å². The van der Waals surface area contributed by atoms with Gasteiger partial charge in [0.15, 0.2) is 9.84 Å². The Kier molecular flexibility index (Phi) is 11.1. The predicted molar refractivity (Wildman–Crippen MR) is 100 cm³/mol. The van der Waals surface area contributed by atoms with Gasteiger partial charge in [0, 0.05) is 13.1 Å². The number of hydrogen-bond acceptors (Lipinski definition) is 3. The summed E-state index contributed by atoms with van der Waals surface area (Å²) in [5, 5.41) is 5.64. The number of rotatable bonds is 13. The van der Waals surface area contributed by atoms with Crippen LogP contribution in [-0.4, -0.2) is 39.0 Å². The third kappa shape index (κ3) is 10.9. The van der Waals surface area contributed by atoms with E-state index in [0.717, 1.165) is 12.8 Å². The topological polar surface area (TPSA) is 75.3 Å². The Hall–Kier alpha value is -0.780. The van der Waals surface area contributed by atoms with Crippen LogP contribution in [0.1, 0.15) is 77.6 Å². The highest BCUT2D eigenvalue weighted by molar-refractivity contribution is 7.91. The lowest BCUT2D eigenvalue weighted by Crippen LogP contribution is -2.38. The zero-order chi connectivity index (χ0) is 17.7. The van der Waals surface area contributed by atoms with Gasteiger partial charge in [-0.05, 0) is 18.8 Å². The molecule has 0 aliphatic carbocycles. The molecule has 6 heteroatoms. The van der Waals surface area contributed by atoms with Crippen molar-refractivity contribution in [2.45, 2.75) is 77.6 Å². The number of hydrogen-bond donors (Lipinski definition) is 2. The molecule has 0 aromatic heterocycles. The van der Waals surface area contributed by atoms with E-state index < -0.39 is 9.84 Å². The normalized spacial score (nSPS) is 19.3. The van der Waals surface area contributed by atoms with E-state index in [4.69, 9.17) is 0 Å². The Labute approximate surface area is 148 Å². The number of carbonyl (C=O) groups is 1. The molecule has 0 aromatic carbocycles. The third-order valence-electron chi connectivity index (χ3n) is 4.69. The molecule has 1 unspecified atom stereocenters. The molecule has 2 amide bonds. The molecule has 0 radical (unpaired) electrons. The fourth-order valence-corrected chi connectivity index (χ4v) is 5.01. The molecule has 1 heterocycles. The largest absolute Gasteiger partial charge is 0.338 e. The highest BCUT2D eigenvalue weighted by Crippen LogP contribution is 2.17. The molecule has 1 atom stereocenters. The van der Waals surface area contributed by atoms with Crippen molar-refractivity contribution in [3.05, 3.63) is 0 Å². The van der Waals surface area contributed by atoms with Crippen LogP contribution >= 0.6 is 0 Å². The first-order valence-corrected chi connectivity index (χ1v) is 11.6. The molecule has 0 spiro atoms. The van der Waals surface area contributed by atoms with E-state index in [1.165, 1.54) is 51.4 Å². The molecule has 24 heavy (non-hydrogen) atoms. The zero-order valence-corrected chi connectivity index (χ0v) is 16.1. The summed E-state index contributed by atoms with van der Waals surface area (Å²) in [6.07, 6.45) is 13.5. The lowest BCUT2D eigenvalue weighted by molar-refractivity contribution is 0.239. The van der Waals surface area contributed by atoms with Crippen molar-refractivity contribution in [1.82, 2.24) is 10.6 Å². The highest BCUT2D eigenvalue weighted by Gasteiger charge is 2.27. The van der Waals surface area contributed by atoms with Crippen molar-refractivity contribution in [3.63, 3.8) is 0 Å². The molecule has 5 nitrogen and oxygen atoms in total. The van der Waals surface area contributed by atoms with Crippen LogP contribution in [0, 0.1) is 5.92 Å². The number of amides is 2. The maximum Gasteiger partial charge on any atom is 0.314 e. The van der Waals surface area contributed by atoms with Gasteiger partial charge in [0.25, 0.3) is 0 Å². The van der Waals surface area contributed by atoms with Gasteiger partial charge in [-0.2, -0.15) is 0 Å². The molecule has 0 saturated carbocycles. The standard InChI is InChI=1S/C18H36N2O3S/c1-2-3-4-5-6-7-8-9-10-11-13-19-18(21)20-15-17-12-14-24(22,23)16-17/h17H,2-16H2,1H3,(H2,19,20,21). The summed E-state index contributed by atoms with van der Waals surface area (Å²) in [4.78, 5) is 11.6. The van der Waals surface area contributed by atoms with Crippen LogP contribution in [0.5, 0.6) is 0 Å². The minimum atomic E-state index is -2.85. The summed E-state index contributed by atoms with van der Waals surface area (Å²) in [7, 11) is -2.85. The van der Waals surface area contributed by atoms with Crippen molar-refractivity contribution < 1.29 is 13.2 Å². The van der Waals surface area contributed by atoms with Gasteiger partial charge in [0.2, 0.25) is 0 Å². The average molecular weight is 361 g/mol. The summed E-state index contributed by atoms with van der Waals surface area (Å²) < 4.78 is 22.7. The van der Waals surface area contributed by atoms with Crippen LogP contribution in [0.15, 0.2) is 0 Å². The number of nitrogens with one attached hydrogen (secondary N) is 2. The fraction of sp³-hybridized carbons (Fsp3) is 0.944. The summed E-state index contributed by atoms with van der Waals surface area (Å²) >= 11 is 0. The van der Waals surface area contributed by atoms with Gasteiger partial charge >= 0.3 is 6.03 Å². The monoisotopic (exact) mass is 360 g/mol. The Bertz CT molecular complexity index is 438. The lowest BCUT2D eigenvalue weighted by atomic mass is 10.1. The van der Waals surface area contributed by atoms with E-state index >= 15 is 0 Å². The molecule has 0 bridgehead atoms. The molecule has 1 fully saturated rings. The van der Waals surface area contributed by atoms with Gasteiger partial charge in [0.05, 0.1) is 11.5 Å². The lowest BCUT2D eigenvalue weighted by Gasteiger charge is -2.10. The van der Waals surface area contributed by atoms with Gasteiger partial charge in [0.1, 0.15) is 0 Å². The van der Waals surface area contributed by atoms with E-state index in [2.05, 4.69) is 17.6 Å². The van der Waals surface area contributed by atoms with E-state index in [9.17, 15) is 13.2 Å². The molecule has 2 N–H and O–H groups in total. The molecule has 1 aliphatic rings. The zero-order valence-electron chi connectivity index (χ0n) is 15.3. The van der Waals surface area contributed by atoms with Crippen LogP contribution < -0.4 is 10.6 Å². The SMILES string of the molecule is CCCCCCCCCCCCNC(=O)NCC1CCS(=O)(=O)C1. The van der Waals surface area contributed by atoms with Gasteiger partial charge in [-0.15, -0.1) is 0 Å². The molecular formula is C18H36N2O3S. The average Bonchev–Trinajstić information content (AvgIpc) is 2.90. The number of carbonyl (C=O) groups excluding carboxylic acids is 1. The van der Waals surface area contributed by atoms with E-state index in [1.807, 2.05) is 0 Å². The molecule has 1 saturated heterocycles. The van der Waals surface area contributed by atoms with Crippen molar-refractivity contribution in [1.29, 1.82) is 0 Å². The van der Waals surface area contributed by atoms with E-state index in [0.29, 0.717) is 19.5 Å². The number of unbranched alkanes of at least 4 members (excludes halogenated alkanes) is 9. The number of sulfone groups is 1. The van der Waals surface area contributed by atoms with Crippen molar-refractivity contribution in [2.75, 3.05) is 24.6 Å². The van der Waals surface area contributed by atoms with E-state index in [-0.39, 0.29) is 23.5 Å². The van der Waals surface area contributed by atoms with Gasteiger partial charge < -0.3 is 10.6 Å². The molecular weight excluding hydrogens is 324 g/mol. The molecule has 1 aliphatic heterocycles. The fourth-order valence-electron chi connectivity index (χ4n) is 3.15. The quantitative estimate of drug-likeness (QED) is 0.492. The van der Waals surface area contributed by atoms with Gasteiger partial charge in [-0.1, -0.05) is 64.7 Å². The minimum Gasteiger partial charge on any atom is -0.338 e. The summed E-state index contributed by atoms with van der Waals surface area (Å²) in [5.74, 6) is 0.559. The van der Waals surface area contributed by atoms with Crippen LogP contribution in [-0.2, 0) is 9.84 Å². The molecule has 142 valence electrons. The van der Waals surface area contributed by atoms with Crippen LogP contribution in [0.25, 0.3) is 0 Å². The Morgan fingerprint density at radius 2 is 1.50 bits per heavy atom. The summed E-state index contributed by atoms with van der Waals surface area (Å²) in [6.45, 7) is 3.40. The Balaban J connectivity index is 1.84. The highest BCUT2D eigenvalue weighted by atomic mass is 32.2. The maximum atomic E-state index is 11.6. The second-order valence-electron chi connectivity index (χ2n) is 7.09. The maximum absolute atomic E-state index is 11.6.